The van der Waals surface area contributed by atoms with Gasteiger partial charge in [-0.2, -0.15) is 0 Å². The molecule has 2 heterocycles. The van der Waals surface area contributed by atoms with Gasteiger partial charge in [-0.25, -0.2) is 4.79 Å². The molecule has 2 atom stereocenters. The van der Waals surface area contributed by atoms with Crippen molar-refractivity contribution in [2.24, 2.45) is 0 Å². The van der Waals surface area contributed by atoms with Crippen molar-refractivity contribution in [2.45, 2.75) is 37.9 Å². The molecule has 1 fully saturated rings. The van der Waals surface area contributed by atoms with Gasteiger partial charge < -0.3 is 38.8 Å². The molecule has 2 unspecified atom stereocenters. The van der Waals surface area contributed by atoms with Crippen molar-refractivity contribution in [2.75, 3.05) is 78.6 Å². The molecule has 2 aromatic carbocycles. The Hall–Kier alpha value is -3.01. The summed E-state index contributed by atoms with van der Waals surface area (Å²) in [6.07, 6.45) is 1.49. The number of likely N-dealkylation sites (tertiary alicyclic amines) is 1. The zero-order valence-electron chi connectivity index (χ0n) is 23.5. The monoisotopic (exact) mass is 541 g/mol. The highest BCUT2D eigenvalue weighted by atomic mass is 16.5. The molecular weight excluding hydrogens is 498 g/mol. The maximum Gasteiger partial charge on any atom is 0.407 e. The third kappa shape index (κ3) is 8.24. The van der Waals surface area contributed by atoms with Crippen molar-refractivity contribution < 1.29 is 28.8 Å². The molecular formula is C30H43N3O6. The van der Waals surface area contributed by atoms with Crippen LogP contribution in [0.3, 0.4) is 0 Å². The first kappa shape index (κ1) is 29.0. The zero-order valence-corrected chi connectivity index (χ0v) is 23.5. The zero-order chi connectivity index (χ0) is 27.6. The third-order valence-corrected chi connectivity index (χ3v) is 7.38. The Bertz CT molecular complexity index is 1050. The molecule has 39 heavy (non-hydrogen) atoms. The quantitative estimate of drug-likeness (QED) is 0.376. The van der Waals surface area contributed by atoms with E-state index in [0.29, 0.717) is 39.3 Å². The second kappa shape index (κ2) is 14.4. The van der Waals surface area contributed by atoms with E-state index in [0.717, 1.165) is 67.4 Å². The summed E-state index contributed by atoms with van der Waals surface area (Å²) in [4.78, 5) is 17.7. The number of methoxy groups -OCH3 is 1. The van der Waals surface area contributed by atoms with Gasteiger partial charge in [-0.15, -0.1) is 0 Å². The first-order valence-corrected chi connectivity index (χ1v) is 13.9. The molecule has 1 N–H and O–H groups in total. The molecule has 4 rings (SSSR count). The van der Waals surface area contributed by atoms with Gasteiger partial charge in [0.15, 0.2) is 0 Å². The average Bonchev–Trinajstić information content (AvgIpc) is 2.94. The molecule has 9 nitrogen and oxygen atoms in total. The van der Waals surface area contributed by atoms with Gasteiger partial charge in [0.1, 0.15) is 18.1 Å². The Labute approximate surface area is 232 Å². The number of carbonyl (C=O) groups is 1. The number of fused-ring (bicyclic) bond motifs is 1. The molecule has 9 heteroatoms. The summed E-state index contributed by atoms with van der Waals surface area (Å²) in [6.45, 7) is 6.05. The van der Waals surface area contributed by atoms with Gasteiger partial charge in [0.2, 0.25) is 0 Å². The van der Waals surface area contributed by atoms with Gasteiger partial charge in [0, 0.05) is 39.3 Å². The number of rotatable bonds is 13. The minimum atomic E-state index is -0.902. The van der Waals surface area contributed by atoms with E-state index in [9.17, 15) is 9.90 Å². The summed E-state index contributed by atoms with van der Waals surface area (Å²) in [7, 11) is 5.84. The van der Waals surface area contributed by atoms with E-state index in [1.165, 1.54) is 4.90 Å². The van der Waals surface area contributed by atoms with Crippen molar-refractivity contribution in [1.29, 1.82) is 0 Å². The summed E-state index contributed by atoms with van der Waals surface area (Å²) in [5.74, 6) is 1.85. The van der Waals surface area contributed by atoms with E-state index in [-0.39, 0.29) is 12.0 Å². The Kier molecular flexibility index (Phi) is 10.7. The first-order valence-electron chi connectivity index (χ1n) is 13.9. The molecule has 214 valence electrons. The number of hydrogen-bond acceptors (Lipinski definition) is 7. The van der Waals surface area contributed by atoms with Crippen LogP contribution in [0.25, 0.3) is 0 Å². The third-order valence-electron chi connectivity index (χ3n) is 7.38. The van der Waals surface area contributed by atoms with Gasteiger partial charge in [-0.05, 0) is 68.8 Å². The van der Waals surface area contributed by atoms with Crippen molar-refractivity contribution in [3.8, 4) is 11.5 Å². The number of hydrogen-bond donors (Lipinski definition) is 1. The van der Waals surface area contributed by atoms with Crippen LogP contribution in [-0.2, 0) is 16.1 Å². The molecule has 1 amide bonds. The summed E-state index contributed by atoms with van der Waals surface area (Å²) < 4.78 is 23.5. The van der Waals surface area contributed by atoms with Crippen LogP contribution >= 0.6 is 0 Å². The van der Waals surface area contributed by atoms with E-state index < -0.39 is 6.09 Å². The van der Waals surface area contributed by atoms with Crippen molar-refractivity contribution in [1.82, 2.24) is 9.80 Å². The Morgan fingerprint density at radius 3 is 2.67 bits per heavy atom. The topological polar surface area (TPSA) is 83.9 Å². The molecule has 0 saturated carbocycles. The van der Waals surface area contributed by atoms with Gasteiger partial charge in [0.05, 0.1) is 38.1 Å². The number of carboxylic acid groups (broad SMARTS) is 1. The standard InChI is InChI=1S/C30H43N3O6/c1-31(2)13-4-18-37-25-9-7-24(8-10-25)26-12-15-33(30(34)35)21-29(26)39-22-23-6-11-28-27(20-23)32(16-19-38-28)14-5-17-36-3/h6-11,20,26,29H,4-5,12-19,21-22H2,1-3H3,(H,34,35). The summed E-state index contributed by atoms with van der Waals surface area (Å²) in [5, 5.41) is 9.64. The first-order chi connectivity index (χ1) is 18.9. The average molecular weight is 542 g/mol. The van der Waals surface area contributed by atoms with Crippen LogP contribution in [0.5, 0.6) is 11.5 Å². The van der Waals surface area contributed by atoms with Crippen LogP contribution in [0.1, 0.15) is 36.3 Å². The van der Waals surface area contributed by atoms with E-state index in [1.54, 1.807) is 7.11 Å². The number of amides is 1. The molecule has 0 spiro atoms. The van der Waals surface area contributed by atoms with E-state index in [4.69, 9.17) is 18.9 Å². The number of ether oxygens (including phenoxy) is 4. The molecule has 0 aromatic heterocycles. The number of anilines is 1. The second-order valence-corrected chi connectivity index (χ2v) is 10.5. The maximum atomic E-state index is 11.8. The Balaban J connectivity index is 1.41. The summed E-state index contributed by atoms with van der Waals surface area (Å²) in [6, 6.07) is 14.4. The molecule has 2 aliphatic heterocycles. The molecule has 0 radical (unpaired) electrons. The second-order valence-electron chi connectivity index (χ2n) is 10.5. The predicted octanol–water partition coefficient (Wildman–Crippen LogP) is 4.31. The van der Waals surface area contributed by atoms with Crippen molar-refractivity contribution >= 4 is 11.8 Å². The Morgan fingerprint density at radius 2 is 1.92 bits per heavy atom. The highest BCUT2D eigenvalue weighted by Crippen LogP contribution is 2.35. The lowest BCUT2D eigenvalue weighted by Gasteiger charge is -2.37. The van der Waals surface area contributed by atoms with Crippen LogP contribution < -0.4 is 14.4 Å². The molecule has 1 saturated heterocycles. The van der Waals surface area contributed by atoms with E-state index in [2.05, 4.69) is 42.1 Å². The Morgan fingerprint density at radius 1 is 1.10 bits per heavy atom. The number of nitrogens with zero attached hydrogens (tertiary/aromatic N) is 3. The van der Waals surface area contributed by atoms with Crippen LogP contribution in [0.2, 0.25) is 0 Å². The highest BCUT2D eigenvalue weighted by molar-refractivity contribution is 5.65. The normalized spacial score (nSPS) is 19.1. The molecule has 0 bridgehead atoms. The number of benzene rings is 2. The predicted molar refractivity (Wildman–Crippen MR) is 151 cm³/mol. The molecule has 2 aromatic rings. The van der Waals surface area contributed by atoms with Crippen molar-refractivity contribution in [3.05, 3.63) is 53.6 Å². The maximum absolute atomic E-state index is 11.8. The number of piperidine rings is 1. The smallest absolute Gasteiger partial charge is 0.407 e. The van der Waals surface area contributed by atoms with Gasteiger partial charge >= 0.3 is 6.09 Å². The molecule has 0 aliphatic carbocycles. The van der Waals surface area contributed by atoms with Crippen LogP contribution in [0.4, 0.5) is 10.5 Å². The van der Waals surface area contributed by atoms with E-state index in [1.807, 2.05) is 24.3 Å². The fraction of sp³-hybridized carbons (Fsp3) is 0.567. The fourth-order valence-corrected chi connectivity index (χ4v) is 5.27. The lowest BCUT2D eigenvalue weighted by molar-refractivity contribution is -0.0199. The minimum Gasteiger partial charge on any atom is -0.494 e. The van der Waals surface area contributed by atoms with Crippen molar-refractivity contribution in [3.63, 3.8) is 0 Å². The van der Waals surface area contributed by atoms with Crippen LogP contribution in [0.15, 0.2) is 42.5 Å². The van der Waals surface area contributed by atoms with E-state index >= 15 is 0 Å². The minimum absolute atomic E-state index is 0.106. The largest absolute Gasteiger partial charge is 0.494 e. The van der Waals surface area contributed by atoms with Gasteiger partial charge in [-0.1, -0.05) is 18.2 Å². The summed E-state index contributed by atoms with van der Waals surface area (Å²) in [5.41, 5.74) is 3.27. The van der Waals surface area contributed by atoms with Gasteiger partial charge in [0.25, 0.3) is 0 Å². The highest BCUT2D eigenvalue weighted by Gasteiger charge is 2.33. The summed E-state index contributed by atoms with van der Waals surface area (Å²) >= 11 is 0. The fourth-order valence-electron chi connectivity index (χ4n) is 5.27. The van der Waals surface area contributed by atoms with Crippen LogP contribution in [-0.4, -0.2) is 101 Å². The molecule has 2 aliphatic rings. The SMILES string of the molecule is COCCCN1CCOc2ccc(COC3CN(C(=O)O)CCC3c3ccc(OCCCN(C)C)cc3)cc21. The van der Waals surface area contributed by atoms with Crippen LogP contribution in [0, 0.1) is 0 Å². The lowest BCUT2D eigenvalue weighted by atomic mass is 9.87. The van der Waals surface area contributed by atoms with Gasteiger partial charge in [-0.3, -0.25) is 0 Å². The lowest BCUT2D eigenvalue weighted by Crippen LogP contribution is -2.46.